The Labute approximate surface area is 107 Å². The minimum absolute atomic E-state index is 0.0506. The fraction of sp³-hybridized carbons (Fsp3) is 0.500. The van der Waals surface area contributed by atoms with Gasteiger partial charge >= 0.3 is 0 Å². The molecule has 0 radical (unpaired) electrons. The lowest BCUT2D eigenvalue weighted by Gasteiger charge is -2.15. The number of hydrogen-bond acceptors (Lipinski definition) is 5. The van der Waals surface area contributed by atoms with E-state index in [-0.39, 0.29) is 11.9 Å². The molecule has 6 nitrogen and oxygen atoms in total. The molecule has 2 rings (SSSR count). The Balaban J connectivity index is 2.28. The van der Waals surface area contributed by atoms with Crippen molar-refractivity contribution in [1.82, 2.24) is 9.97 Å². The standard InChI is InChI=1S/C10H13BrN4O2/c1-17-8-3-7(13-10(12)14-8)15-5-6(4-11)2-9(15)16/h3,6H,2,4-5H2,1H3,(H2,12,13,14). The van der Waals surface area contributed by atoms with Gasteiger partial charge in [0.2, 0.25) is 17.7 Å². The van der Waals surface area contributed by atoms with Crippen molar-refractivity contribution >= 4 is 33.6 Å². The molecule has 1 saturated heterocycles. The average Bonchev–Trinajstić information content (AvgIpc) is 2.69. The van der Waals surface area contributed by atoms with E-state index in [4.69, 9.17) is 10.5 Å². The van der Waals surface area contributed by atoms with Gasteiger partial charge in [0.25, 0.3) is 0 Å². The van der Waals surface area contributed by atoms with E-state index in [2.05, 4.69) is 25.9 Å². The predicted octanol–water partition coefficient (Wildman–Crippen LogP) is 0.815. The third-order valence-electron chi connectivity index (χ3n) is 2.62. The van der Waals surface area contributed by atoms with E-state index < -0.39 is 0 Å². The lowest BCUT2D eigenvalue weighted by atomic mass is 10.2. The van der Waals surface area contributed by atoms with Gasteiger partial charge in [-0.15, -0.1) is 0 Å². The van der Waals surface area contributed by atoms with Crippen LogP contribution in [0.25, 0.3) is 0 Å². The number of rotatable bonds is 3. The first-order valence-electron chi connectivity index (χ1n) is 5.19. The first-order valence-corrected chi connectivity index (χ1v) is 6.31. The van der Waals surface area contributed by atoms with Crippen LogP contribution in [-0.4, -0.2) is 34.9 Å². The van der Waals surface area contributed by atoms with Gasteiger partial charge in [0, 0.05) is 24.4 Å². The van der Waals surface area contributed by atoms with Gasteiger partial charge in [0.05, 0.1) is 7.11 Å². The number of halogens is 1. The van der Waals surface area contributed by atoms with Gasteiger partial charge in [0.15, 0.2) is 0 Å². The second-order valence-electron chi connectivity index (χ2n) is 3.86. The van der Waals surface area contributed by atoms with Crippen molar-refractivity contribution in [3.05, 3.63) is 6.07 Å². The summed E-state index contributed by atoms with van der Waals surface area (Å²) in [5.41, 5.74) is 5.57. The molecule has 1 aromatic heterocycles. The monoisotopic (exact) mass is 300 g/mol. The van der Waals surface area contributed by atoms with Gasteiger partial charge in [-0.05, 0) is 5.92 Å². The van der Waals surface area contributed by atoms with Crippen LogP contribution in [0.3, 0.4) is 0 Å². The van der Waals surface area contributed by atoms with Crippen LogP contribution in [0.2, 0.25) is 0 Å². The lowest BCUT2D eigenvalue weighted by Crippen LogP contribution is -2.26. The molecule has 1 aliphatic heterocycles. The average molecular weight is 301 g/mol. The molecule has 17 heavy (non-hydrogen) atoms. The Bertz CT molecular complexity index is 440. The van der Waals surface area contributed by atoms with Crippen molar-refractivity contribution in [2.24, 2.45) is 5.92 Å². The Morgan fingerprint density at radius 3 is 3.00 bits per heavy atom. The third-order valence-corrected chi connectivity index (χ3v) is 3.53. The second-order valence-corrected chi connectivity index (χ2v) is 4.50. The highest BCUT2D eigenvalue weighted by atomic mass is 79.9. The van der Waals surface area contributed by atoms with Gasteiger partial charge in [-0.2, -0.15) is 9.97 Å². The van der Waals surface area contributed by atoms with E-state index in [1.165, 1.54) is 7.11 Å². The Kier molecular flexibility index (Phi) is 3.46. The van der Waals surface area contributed by atoms with Crippen LogP contribution >= 0.6 is 15.9 Å². The molecule has 1 unspecified atom stereocenters. The number of alkyl halides is 1. The van der Waals surface area contributed by atoms with Crippen molar-refractivity contribution in [2.45, 2.75) is 6.42 Å². The van der Waals surface area contributed by atoms with E-state index in [0.717, 1.165) is 5.33 Å². The highest BCUT2D eigenvalue weighted by Crippen LogP contribution is 2.26. The number of hydrogen-bond donors (Lipinski definition) is 1. The molecule has 1 aliphatic rings. The Morgan fingerprint density at radius 2 is 2.41 bits per heavy atom. The zero-order chi connectivity index (χ0) is 12.4. The van der Waals surface area contributed by atoms with E-state index in [1.54, 1.807) is 11.0 Å². The minimum Gasteiger partial charge on any atom is -0.481 e. The maximum Gasteiger partial charge on any atom is 0.228 e. The molecule has 2 heterocycles. The molecule has 0 aromatic carbocycles. The molecular formula is C10H13BrN4O2. The van der Waals surface area contributed by atoms with E-state index in [0.29, 0.717) is 30.6 Å². The smallest absolute Gasteiger partial charge is 0.228 e. The van der Waals surface area contributed by atoms with Crippen molar-refractivity contribution in [3.8, 4) is 5.88 Å². The topological polar surface area (TPSA) is 81.3 Å². The van der Waals surface area contributed by atoms with Crippen LogP contribution in [0.5, 0.6) is 5.88 Å². The molecule has 1 fully saturated rings. The van der Waals surface area contributed by atoms with E-state index in [9.17, 15) is 4.79 Å². The highest BCUT2D eigenvalue weighted by molar-refractivity contribution is 9.09. The fourth-order valence-electron chi connectivity index (χ4n) is 1.78. The SMILES string of the molecule is COc1cc(N2CC(CBr)CC2=O)nc(N)n1. The van der Waals surface area contributed by atoms with E-state index in [1.807, 2.05) is 0 Å². The molecule has 0 aliphatic carbocycles. The number of ether oxygens (including phenoxy) is 1. The maximum atomic E-state index is 11.8. The summed E-state index contributed by atoms with van der Waals surface area (Å²) in [4.78, 5) is 21.4. The maximum absolute atomic E-state index is 11.8. The molecule has 1 amide bonds. The number of carbonyl (C=O) groups is 1. The van der Waals surface area contributed by atoms with Gasteiger partial charge in [-0.3, -0.25) is 9.69 Å². The zero-order valence-electron chi connectivity index (χ0n) is 9.39. The van der Waals surface area contributed by atoms with Crippen LogP contribution in [0.15, 0.2) is 6.07 Å². The van der Waals surface area contributed by atoms with Crippen LogP contribution in [-0.2, 0) is 4.79 Å². The van der Waals surface area contributed by atoms with E-state index >= 15 is 0 Å². The third kappa shape index (κ3) is 2.49. The van der Waals surface area contributed by atoms with Crippen molar-refractivity contribution in [3.63, 3.8) is 0 Å². The Hall–Kier alpha value is -1.37. The molecule has 0 bridgehead atoms. The number of amides is 1. The summed E-state index contributed by atoms with van der Waals surface area (Å²) >= 11 is 3.39. The largest absolute Gasteiger partial charge is 0.481 e. The molecule has 7 heteroatoms. The summed E-state index contributed by atoms with van der Waals surface area (Å²) in [6.07, 6.45) is 0.525. The number of anilines is 2. The molecule has 1 atom stereocenters. The van der Waals surface area contributed by atoms with Crippen molar-refractivity contribution < 1.29 is 9.53 Å². The number of nitrogens with two attached hydrogens (primary N) is 1. The lowest BCUT2D eigenvalue weighted by molar-refractivity contribution is -0.117. The second kappa shape index (κ2) is 4.87. The quantitative estimate of drug-likeness (QED) is 0.836. The summed E-state index contributed by atoms with van der Waals surface area (Å²) in [5.74, 6) is 1.33. The minimum atomic E-state index is 0.0506. The summed E-state index contributed by atoms with van der Waals surface area (Å²) in [6.45, 7) is 0.643. The molecule has 0 spiro atoms. The van der Waals surface area contributed by atoms with Gasteiger partial charge < -0.3 is 10.5 Å². The predicted molar refractivity (Wildman–Crippen MR) is 67.3 cm³/mol. The number of nitrogen functional groups attached to an aromatic ring is 1. The highest BCUT2D eigenvalue weighted by Gasteiger charge is 2.31. The van der Waals surface area contributed by atoms with Crippen molar-refractivity contribution in [1.29, 1.82) is 0 Å². The molecule has 2 N–H and O–H groups in total. The number of aromatic nitrogens is 2. The van der Waals surface area contributed by atoms with Gasteiger partial charge in [-0.25, -0.2) is 0 Å². The van der Waals surface area contributed by atoms with Crippen molar-refractivity contribution in [2.75, 3.05) is 29.6 Å². The molecule has 1 aromatic rings. The fourth-order valence-corrected chi connectivity index (χ4v) is 2.21. The molecule has 92 valence electrons. The summed E-state index contributed by atoms with van der Waals surface area (Å²) in [7, 11) is 1.50. The number of nitrogens with zero attached hydrogens (tertiary/aromatic N) is 3. The first-order chi connectivity index (χ1) is 8.13. The number of methoxy groups -OCH3 is 1. The van der Waals surface area contributed by atoms with Gasteiger partial charge in [-0.1, -0.05) is 15.9 Å². The normalized spacial score (nSPS) is 19.8. The molecular weight excluding hydrogens is 288 g/mol. The van der Waals surface area contributed by atoms with Crippen LogP contribution < -0.4 is 15.4 Å². The zero-order valence-corrected chi connectivity index (χ0v) is 11.0. The van der Waals surface area contributed by atoms with Crippen LogP contribution in [0.1, 0.15) is 6.42 Å². The summed E-state index contributed by atoms with van der Waals surface area (Å²) in [5, 5.41) is 0.799. The summed E-state index contributed by atoms with van der Waals surface area (Å²) in [6, 6.07) is 1.62. The molecule has 0 saturated carbocycles. The number of carbonyl (C=O) groups excluding carboxylic acids is 1. The Morgan fingerprint density at radius 1 is 1.65 bits per heavy atom. The van der Waals surface area contributed by atoms with Crippen LogP contribution in [0, 0.1) is 5.92 Å². The van der Waals surface area contributed by atoms with Crippen LogP contribution in [0.4, 0.5) is 11.8 Å². The van der Waals surface area contributed by atoms with Gasteiger partial charge in [0.1, 0.15) is 5.82 Å². The first kappa shape index (κ1) is 12.1. The summed E-state index contributed by atoms with van der Waals surface area (Å²) < 4.78 is 5.01.